The van der Waals surface area contributed by atoms with Crippen LogP contribution in [0.4, 0.5) is 0 Å². The Kier molecular flexibility index (Phi) is 9.32. The van der Waals surface area contributed by atoms with Gasteiger partial charge in [0.05, 0.1) is 13.0 Å². The van der Waals surface area contributed by atoms with E-state index in [0.717, 1.165) is 25.7 Å². The Morgan fingerprint density at radius 3 is 2.12 bits per heavy atom. The molecule has 3 rings (SSSR count). The molecule has 0 bridgehead atoms. The molecule has 2 aromatic rings. The Labute approximate surface area is 207 Å². The van der Waals surface area contributed by atoms with Gasteiger partial charge in [0.1, 0.15) is 0 Å². The van der Waals surface area contributed by atoms with Crippen molar-refractivity contribution in [2.24, 2.45) is 11.8 Å². The molecule has 4 heteroatoms. The van der Waals surface area contributed by atoms with Crippen LogP contribution in [0.15, 0.2) is 72.3 Å². The number of carbonyl (C=O) groups is 1. The van der Waals surface area contributed by atoms with Crippen LogP contribution >= 0.6 is 0 Å². The highest BCUT2D eigenvalue weighted by molar-refractivity contribution is 6.99. The summed E-state index contributed by atoms with van der Waals surface area (Å²) in [4.78, 5) is 12.2. The molecule has 0 saturated heterocycles. The first kappa shape index (κ1) is 26.4. The molecule has 0 spiro atoms. The van der Waals surface area contributed by atoms with Crippen LogP contribution in [0.1, 0.15) is 66.7 Å². The van der Waals surface area contributed by atoms with Crippen molar-refractivity contribution < 1.29 is 14.0 Å². The van der Waals surface area contributed by atoms with E-state index in [1.54, 1.807) is 0 Å². The summed E-state index contributed by atoms with van der Waals surface area (Å²) in [5.74, 6) is 0.850. The third-order valence-corrected chi connectivity index (χ3v) is 12.1. The first-order valence-corrected chi connectivity index (χ1v) is 14.8. The van der Waals surface area contributed by atoms with Crippen LogP contribution in [0, 0.1) is 11.8 Å². The Morgan fingerprint density at radius 1 is 1.00 bits per heavy atom. The number of esters is 1. The minimum atomic E-state index is -2.49. The molecule has 0 heterocycles. The molecule has 2 aromatic carbocycles. The molecule has 0 aliphatic heterocycles. The normalized spacial score (nSPS) is 18.9. The fourth-order valence-corrected chi connectivity index (χ4v) is 10.1. The molecule has 0 radical (unpaired) electrons. The highest BCUT2D eigenvalue weighted by atomic mass is 28.4. The van der Waals surface area contributed by atoms with Gasteiger partial charge in [0, 0.05) is 6.61 Å². The number of rotatable bonds is 10. The van der Waals surface area contributed by atoms with Crippen LogP contribution in [-0.4, -0.2) is 27.5 Å². The third-order valence-electron chi connectivity index (χ3n) is 7.06. The zero-order chi connectivity index (χ0) is 24.6. The number of carbonyl (C=O) groups excluding carboxylic acids is 1. The maximum absolute atomic E-state index is 12.2. The average Bonchev–Trinajstić information content (AvgIpc) is 2.81. The highest BCUT2D eigenvalue weighted by Gasteiger charge is 2.49. The van der Waals surface area contributed by atoms with Crippen LogP contribution in [0.5, 0.6) is 0 Å². The summed E-state index contributed by atoms with van der Waals surface area (Å²) < 4.78 is 12.3. The van der Waals surface area contributed by atoms with Crippen molar-refractivity contribution >= 4 is 24.7 Å². The molecular formula is C30H42O3Si. The maximum atomic E-state index is 12.2. The van der Waals surface area contributed by atoms with Crippen molar-refractivity contribution in [1.29, 1.82) is 0 Å². The van der Waals surface area contributed by atoms with Crippen molar-refractivity contribution in [1.82, 2.24) is 0 Å². The molecule has 0 aromatic heterocycles. The van der Waals surface area contributed by atoms with E-state index in [4.69, 9.17) is 9.16 Å². The summed E-state index contributed by atoms with van der Waals surface area (Å²) in [6.45, 7) is 12.3. The highest BCUT2D eigenvalue weighted by Crippen LogP contribution is 2.38. The quantitative estimate of drug-likeness (QED) is 0.175. The number of allylic oxidation sites excluding steroid dienone is 2. The lowest BCUT2D eigenvalue weighted by Crippen LogP contribution is -2.66. The summed E-state index contributed by atoms with van der Waals surface area (Å²) in [6, 6.07) is 21.6. The molecule has 184 valence electrons. The smallest absolute Gasteiger partial charge is 0.306 e. The van der Waals surface area contributed by atoms with Crippen LogP contribution in [-0.2, 0) is 14.0 Å². The van der Waals surface area contributed by atoms with Crippen LogP contribution in [0.25, 0.3) is 0 Å². The van der Waals surface area contributed by atoms with Crippen molar-refractivity contribution in [2.45, 2.75) is 71.8 Å². The van der Waals surface area contributed by atoms with E-state index < -0.39 is 8.32 Å². The molecule has 0 N–H and O–H groups in total. The van der Waals surface area contributed by atoms with Gasteiger partial charge in [-0.25, -0.2) is 0 Å². The first-order chi connectivity index (χ1) is 16.3. The minimum absolute atomic E-state index is 0.0122. The molecule has 3 nitrogen and oxygen atoms in total. The number of hydrogen-bond acceptors (Lipinski definition) is 3. The largest absolute Gasteiger partial charge is 0.466 e. The van der Waals surface area contributed by atoms with Gasteiger partial charge in [-0.3, -0.25) is 4.79 Å². The van der Waals surface area contributed by atoms with Crippen molar-refractivity contribution in [3.05, 3.63) is 72.3 Å². The van der Waals surface area contributed by atoms with Crippen molar-refractivity contribution in [2.75, 3.05) is 13.2 Å². The van der Waals surface area contributed by atoms with Gasteiger partial charge in [-0.1, -0.05) is 100 Å². The Balaban J connectivity index is 1.77. The van der Waals surface area contributed by atoms with E-state index in [1.807, 2.05) is 6.92 Å². The zero-order valence-corrected chi connectivity index (χ0v) is 22.7. The lowest BCUT2D eigenvalue weighted by molar-refractivity contribution is -0.144. The summed E-state index contributed by atoms with van der Waals surface area (Å²) >= 11 is 0. The van der Waals surface area contributed by atoms with E-state index in [0.29, 0.717) is 31.5 Å². The second kappa shape index (κ2) is 12.0. The van der Waals surface area contributed by atoms with Gasteiger partial charge in [-0.05, 0) is 59.9 Å². The van der Waals surface area contributed by atoms with Crippen molar-refractivity contribution in [3.8, 4) is 0 Å². The summed E-state index contributed by atoms with van der Waals surface area (Å²) in [5.41, 5.74) is 1.41. The Bertz CT molecular complexity index is 891. The Hall–Kier alpha value is -2.17. The van der Waals surface area contributed by atoms with Gasteiger partial charge >= 0.3 is 5.97 Å². The number of ether oxygens (including phenoxy) is 1. The zero-order valence-electron chi connectivity index (χ0n) is 21.7. The summed E-state index contributed by atoms with van der Waals surface area (Å²) in [5, 5.41) is 2.63. The predicted octanol–water partition coefficient (Wildman–Crippen LogP) is 6.27. The van der Waals surface area contributed by atoms with Gasteiger partial charge in [-0.15, -0.1) is 0 Å². The fraction of sp³-hybridized carbons (Fsp3) is 0.500. The van der Waals surface area contributed by atoms with Crippen LogP contribution in [0.3, 0.4) is 0 Å². The van der Waals surface area contributed by atoms with Gasteiger partial charge < -0.3 is 9.16 Å². The fourth-order valence-electron chi connectivity index (χ4n) is 5.46. The molecular weight excluding hydrogens is 436 g/mol. The van der Waals surface area contributed by atoms with Gasteiger partial charge in [0.15, 0.2) is 0 Å². The lowest BCUT2D eigenvalue weighted by atomic mass is 9.78. The van der Waals surface area contributed by atoms with Gasteiger partial charge in [0.2, 0.25) is 0 Å². The van der Waals surface area contributed by atoms with Crippen LogP contribution in [0.2, 0.25) is 5.04 Å². The first-order valence-electron chi connectivity index (χ1n) is 12.9. The Morgan fingerprint density at radius 2 is 1.59 bits per heavy atom. The number of benzene rings is 2. The van der Waals surface area contributed by atoms with Gasteiger partial charge in [0.25, 0.3) is 8.32 Å². The molecule has 0 unspecified atom stereocenters. The second-order valence-electron chi connectivity index (χ2n) is 10.7. The van der Waals surface area contributed by atoms with E-state index in [2.05, 4.69) is 94.4 Å². The lowest BCUT2D eigenvalue weighted by Gasteiger charge is -2.43. The second-order valence-corrected chi connectivity index (χ2v) is 15.0. The van der Waals surface area contributed by atoms with Crippen LogP contribution < -0.4 is 10.4 Å². The van der Waals surface area contributed by atoms with Crippen molar-refractivity contribution in [3.63, 3.8) is 0 Å². The van der Waals surface area contributed by atoms with E-state index in [1.165, 1.54) is 15.9 Å². The maximum Gasteiger partial charge on any atom is 0.306 e. The van der Waals surface area contributed by atoms with E-state index >= 15 is 0 Å². The SMILES string of the molecule is CCOC(=O)C[C@H]1C[C@@H](C)CC=C1CCCO[Si](c1ccccc1)(c1ccccc1)C(C)(C)C. The molecule has 1 aliphatic rings. The average molecular weight is 479 g/mol. The molecule has 0 saturated carbocycles. The molecule has 0 fully saturated rings. The van der Waals surface area contributed by atoms with E-state index in [-0.39, 0.29) is 11.0 Å². The molecule has 1 aliphatic carbocycles. The standard InChI is InChI=1S/C30H42O3Si/c1-6-32-29(31)23-26-22-24(2)19-20-25(26)14-13-21-33-34(30(3,4)5,27-15-9-7-10-16-27)28-17-11-8-12-18-28/h7-12,15-18,20,24,26H,6,13-14,19,21-23H2,1-5H3/t24-,26+/m0/s1. The third kappa shape index (κ3) is 6.28. The molecule has 2 atom stereocenters. The van der Waals surface area contributed by atoms with E-state index in [9.17, 15) is 4.79 Å². The summed E-state index contributed by atoms with van der Waals surface area (Å²) in [6.07, 6.45) is 6.99. The summed E-state index contributed by atoms with van der Waals surface area (Å²) in [7, 11) is -2.49. The monoisotopic (exact) mass is 478 g/mol. The van der Waals surface area contributed by atoms with Gasteiger partial charge in [-0.2, -0.15) is 0 Å². The molecule has 34 heavy (non-hydrogen) atoms. The number of hydrogen-bond donors (Lipinski definition) is 0. The predicted molar refractivity (Wildman–Crippen MR) is 144 cm³/mol. The minimum Gasteiger partial charge on any atom is -0.466 e. The molecule has 0 amide bonds. The topological polar surface area (TPSA) is 35.5 Å².